The highest BCUT2D eigenvalue weighted by Crippen LogP contribution is 2.29. The summed E-state index contributed by atoms with van der Waals surface area (Å²) in [5.74, 6) is -1.13. The molecule has 0 aliphatic heterocycles. The van der Waals surface area contributed by atoms with Crippen molar-refractivity contribution in [2.45, 2.75) is 32.6 Å². The zero-order chi connectivity index (χ0) is 14.9. The van der Waals surface area contributed by atoms with Crippen LogP contribution in [0, 0.1) is 32.4 Å². The van der Waals surface area contributed by atoms with E-state index in [0.29, 0.717) is 17.5 Å². The Kier molecular flexibility index (Phi) is 4.44. The SMILES string of the molecule is Cc1ccc(CC(Cl)c2cc(C)c(F)cc2F)cc1C. The lowest BCUT2D eigenvalue weighted by Gasteiger charge is -2.13. The fourth-order valence-electron chi connectivity index (χ4n) is 2.17. The fourth-order valence-corrected chi connectivity index (χ4v) is 2.51. The van der Waals surface area contributed by atoms with Crippen molar-refractivity contribution in [3.05, 3.63) is 69.8 Å². The Bertz CT molecular complexity index is 635. The molecule has 2 aromatic carbocycles. The summed E-state index contributed by atoms with van der Waals surface area (Å²) in [6, 6.07) is 8.47. The third-order valence-electron chi connectivity index (χ3n) is 3.60. The van der Waals surface area contributed by atoms with Gasteiger partial charge in [-0.15, -0.1) is 11.6 Å². The van der Waals surface area contributed by atoms with Crippen LogP contribution in [0.5, 0.6) is 0 Å². The molecule has 0 amide bonds. The van der Waals surface area contributed by atoms with Crippen LogP contribution in [-0.2, 0) is 6.42 Å². The highest BCUT2D eigenvalue weighted by atomic mass is 35.5. The minimum atomic E-state index is -0.586. The second-order valence-corrected chi connectivity index (χ2v) is 5.74. The van der Waals surface area contributed by atoms with Crippen molar-refractivity contribution in [2.75, 3.05) is 0 Å². The van der Waals surface area contributed by atoms with E-state index in [1.807, 2.05) is 26.0 Å². The minimum absolute atomic E-state index is 0.351. The van der Waals surface area contributed by atoms with Crippen molar-refractivity contribution in [3.8, 4) is 0 Å². The summed E-state index contributed by atoms with van der Waals surface area (Å²) in [7, 11) is 0. The van der Waals surface area contributed by atoms with Gasteiger partial charge in [-0.3, -0.25) is 0 Å². The molecule has 0 saturated heterocycles. The smallest absolute Gasteiger partial charge is 0.130 e. The first kappa shape index (κ1) is 15.0. The maximum Gasteiger partial charge on any atom is 0.130 e. The predicted molar refractivity (Wildman–Crippen MR) is 79.3 cm³/mol. The van der Waals surface area contributed by atoms with Crippen LogP contribution in [0.1, 0.15) is 33.2 Å². The molecule has 0 aromatic heterocycles. The van der Waals surface area contributed by atoms with E-state index in [0.717, 1.165) is 11.6 Å². The Hall–Kier alpha value is -1.41. The van der Waals surface area contributed by atoms with Crippen molar-refractivity contribution in [1.29, 1.82) is 0 Å². The quantitative estimate of drug-likeness (QED) is 0.664. The molecule has 0 radical (unpaired) electrons. The van der Waals surface area contributed by atoms with Crippen molar-refractivity contribution in [1.82, 2.24) is 0 Å². The monoisotopic (exact) mass is 294 g/mol. The van der Waals surface area contributed by atoms with Crippen molar-refractivity contribution in [3.63, 3.8) is 0 Å². The second-order valence-electron chi connectivity index (χ2n) is 5.21. The molecule has 0 bridgehead atoms. The zero-order valence-corrected chi connectivity index (χ0v) is 12.6. The van der Waals surface area contributed by atoms with Gasteiger partial charge < -0.3 is 0 Å². The molecule has 0 aliphatic carbocycles. The van der Waals surface area contributed by atoms with E-state index in [2.05, 4.69) is 6.07 Å². The summed E-state index contributed by atoms with van der Waals surface area (Å²) in [4.78, 5) is 0. The van der Waals surface area contributed by atoms with Crippen molar-refractivity contribution < 1.29 is 8.78 Å². The average Bonchev–Trinajstić information content (AvgIpc) is 2.38. The molecule has 0 aliphatic rings. The van der Waals surface area contributed by atoms with Gasteiger partial charge in [0.1, 0.15) is 11.6 Å². The van der Waals surface area contributed by atoms with Crippen LogP contribution in [0.25, 0.3) is 0 Å². The Morgan fingerprint density at radius 1 is 0.900 bits per heavy atom. The number of hydrogen-bond donors (Lipinski definition) is 0. The zero-order valence-electron chi connectivity index (χ0n) is 11.8. The standard InChI is InChI=1S/C17H17ClF2/c1-10-4-5-13(6-11(10)2)8-15(18)14-7-12(3)16(19)9-17(14)20/h4-7,9,15H,8H2,1-3H3. The number of halogens is 3. The van der Waals surface area contributed by atoms with Gasteiger partial charge in [-0.25, -0.2) is 8.78 Å². The van der Waals surface area contributed by atoms with Gasteiger partial charge in [0, 0.05) is 11.6 Å². The van der Waals surface area contributed by atoms with Gasteiger partial charge in [0.2, 0.25) is 0 Å². The third-order valence-corrected chi connectivity index (χ3v) is 3.99. The lowest BCUT2D eigenvalue weighted by molar-refractivity contribution is 0.564. The molecular weight excluding hydrogens is 278 g/mol. The number of benzene rings is 2. The fraction of sp³-hybridized carbons (Fsp3) is 0.294. The van der Waals surface area contributed by atoms with E-state index in [4.69, 9.17) is 11.6 Å². The second kappa shape index (κ2) is 5.92. The van der Waals surface area contributed by atoms with Crippen molar-refractivity contribution >= 4 is 11.6 Å². The van der Waals surface area contributed by atoms with E-state index in [9.17, 15) is 8.78 Å². The molecule has 1 unspecified atom stereocenters. The van der Waals surface area contributed by atoms with Crippen LogP contribution >= 0.6 is 11.6 Å². The summed E-state index contributed by atoms with van der Waals surface area (Å²) in [5, 5.41) is -0.503. The molecule has 106 valence electrons. The summed E-state index contributed by atoms with van der Waals surface area (Å²) in [5.41, 5.74) is 4.20. The predicted octanol–water partition coefficient (Wildman–Crippen LogP) is 5.41. The van der Waals surface area contributed by atoms with Crippen LogP contribution in [0.3, 0.4) is 0 Å². The topological polar surface area (TPSA) is 0 Å². The molecule has 20 heavy (non-hydrogen) atoms. The summed E-state index contributed by atoms with van der Waals surface area (Å²) >= 11 is 6.30. The molecule has 1 atom stereocenters. The Morgan fingerprint density at radius 2 is 1.60 bits per heavy atom. The molecule has 0 saturated carbocycles. The van der Waals surface area contributed by atoms with E-state index in [-0.39, 0.29) is 0 Å². The molecule has 0 heterocycles. The van der Waals surface area contributed by atoms with E-state index in [1.165, 1.54) is 17.2 Å². The first-order valence-corrected chi connectivity index (χ1v) is 6.98. The summed E-state index contributed by atoms with van der Waals surface area (Å²) in [6.07, 6.45) is 0.519. The van der Waals surface area contributed by atoms with Gasteiger partial charge in [-0.2, -0.15) is 0 Å². The highest BCUT2D eigenvalue weighted by molar-refractivity contribution is 6.21. The van der Waals surface area contributed by atoms with Gasteiger partial charge in [0.15, 0.2) is 0 Å². The lowest BCUT2D eigenvalue weighted by Crippen LogP contribution is -2.02. The number of aryl methyl sites for hydroxylation is 3. The Morgan fingerprint density at radius 3 is 2.25 bits per heavy atom. The maximum absolute atomic E-state index is 13.8. The number of hydrogen-bond acceptors (Lipinski definition) is 0. The van der Waals surface area contributed by atoms with Crippen LogP contribution in [0.15, 0.2) is 30.3 Å². The first-order chi connectivity index (χ1) is 9.38. The minimum Gasteiger partial charge on any atom is -0.207 e. The largest absolute Gasteiger partial charge is 0.207 e. The molecule has 0 fully saturated rings. The van der Waals surface area contributed by atoms with Gasteiger partial charge in [0.05, 0.1) is 5.38 Å². The van der Waals surface area contributed by atoms with E-state index < -0.39 is 17.0 Å². The Balaban J connectivity index is 2.25. The van der Waals surface area contributed by atoms with E-state index in [1.54, 1.807) is 6.92 Å². The molecule has 2 rings (SSSR count). The van der Waals surface area contributed by atoms with Gasteiger partial charge >= 0.3 is 0 Å². The third kappa shape index (κ3) is 3.18. The molecular formula is C17H17ClF2. The number of rotatable bonds is 3. The van der Waals surface area contributed by atoms with E-state index >= 15 is 0 Å². The molecule has 3 heteroatoms. The number of alkyl halides is 1. The molecule has 2 aromatic rings. The molecule has 0 nitrogen and oxygen atoms in total. The van der Waals surface area contributed by atoms with Gasteiger partial charge in [-0.1, -0.05) is 18.2 Å². The normalized spacial score (nSPS) is 12.5. The average molecular weight is 295 g/mol. The first-order valence-electron chi connectivity index (χ1n) is 6.54. The van der Waals surface area contributed by atoms with Gasteiger partial charge in [-0.05, 0) is 55.5 Å². The molecule has 0 N–H and O–H groups in total. The Labute approximate surface area is 123 Å². The maximum atomic E-state index is 13.8. The van der Waals surface area contributed by atoms with Crippen LogP contribution in [0.2, 0.25) is 0 Å². The summed E-state index contributed by atoms with van der Waals surface area (Å²) < 4.78 is 27.1. The van der Waals surface area contributed by atoms with Crippen molar-refractivity contribution in [2.24, 2.45) is 0 Å². The highest BCUT2D eigenvalue weighted by Gasteiger charge is 2.16. The van der Waals surface area contributed by atoms with Crippen LogP contribution < -0.4 is 0 Å². The lowest BCUT2D eigenvalue weighted by atomic mass is 9.99. The van der Waals surface area contributed by atoms with Crippen LogP contribution in [0.4, 0.5) is 8.78 Å². The summed E-state index contributed by atoms with van der Waals surface area (Å²) in [6.45, 7) is 5.68. The molecule has 0 spiro atoms. The van der Waals surface area contributed by atoms with Gasteiger partial charge in [0.25, 0.3) is 0 Å². The van der Waals surface area contributed by atoms with Crippen LogP contribution in [-0.4, -0.2) is 0 Å².